The maximum Gasteiger partial charge on any atom is 0.243 e. The van der Waals surface area contributed by atoms with E-state index in [4.69, 9.17) is 9.47 Å². The molecular weight excluding hydrogens is 328 g/mol. The Bertz CT molecular complexity index is 642. The maximum atomic E-state index is 12.6. The van der Waals surface area contributed by atoms with Gasteiger partial charge in [-0.3, -0.25) is 4.90 Å². The number of likely N-dealkylation sites (tertiary alicyclic amines) is 1. The molecule has 0 saturated carbocycles. The highest BCUT2D eigenvalue weighted by Crippen LogP contribution is 2.29. The quantitative estimate of drug-likeness (QED) is 0.771. The van der Waals surface area contributed by atoms with Crippen molar-refractivity contribution in [2.45, 2.75) is 30.4 Å². The fraction of sp³-hybridized carbons (Fsp3) is 0.647. The number of methoxy groups -OCH3 is 1. The Labute approximate surface area is 144 Å². The van der Waals surface area contributed by atoms with Crippen molar-refractivity contribution in [3.8, 4) is 0 Å². The molecule has 0 amide bonds. The molecule has 1 aromatic carbocycles. The number of rotatable bonds is 6. The average Bonchev–Trinajstić information content (AvgIpc) is 2.59. The lowest BCUT2D eigenvalue weighted by Crippen LogP contribution is -2.61. The van der Waals surface area contributed by atoms with Crippen LogP contribution in [0.25, 0.3) is 0 Å². The van der Waals surface area contributed by atoms with Crippen LogP contribution in [0.3, 0.4) is 0 Å². The third-order valence-electron chi connectivity index (χ3n) is 5.04. The molecule has 2 fully saturated rings. The molecule has 134 valence electrons. The minimum atomic E-state index is -3.41. The molecule has 0 N–H and O–H groups in total. The Kier molecular flexibility index (Phi) is 5.27. The molecule has 0 bridgehead atoms. The van der Waals surface area contributed by atoms with Crippen LogP contribution in [0.1, 0.15) is 18.9 Å². The molecular formula is C17H26N2O4S. The second kappa shape index (κ2) is 7.09. The van der Waals surface area contributed by atoms with Crippen molar-refractivity contribution in [3.63, 3.8) is 0 Å². The fourth-order valence-electron chi connectivity index (χ4n) is 3.34. The van der Waals surface area contributed by atoms with Crippen LogP contribution in [0.2, 0.25) is 0 Å². The number of morpholine rings is 1. The van der Waals surface area contributed by atoms with Gasteiger partial charge in [-0.2, -0.15) is 4.31 Å². The predicted molar refractivity (Wildman–Crippen MR) is 91.3 cm³/mol. The standard InChI is InChI=1S/C17H26N2O4S/c1-3-17(22-2)13-18(14-17)12-15-4-6-16(7-5-15)24(20,21)19-8-10-23-11-9-19/h4-7H,3,8-14H2,1-2H3. The second-order valence-electron chi connectivity index (χ2n) is 6.55. The maximum absolute atomic E-state index is 12.6. The van der Waals surface area contributed by atoms with Gasteiger partial charge in [0.15, 0.2) is 0 Å². The van der Waals surface area contributed by atoms with Gasteiger partial charge in [-0.15, -0.1) is 0 Å². The van der Waals surface area contributed by atoms with Gasteiger partial charge in [-0.05, 0) is 24.1 Å². The van der Waals surface area contributed by atoms with E-state index in [0.717, 1.165) is 31.6 Å². The van der Waals surface area contributed by atoms with Gasteiger partial charge in [0.25, 0.3) is 0 Å². The van der Waals surface area contributed by atoms with E-state index in [9.17, 15) is 8.42 Å². The Morgan fingerprint density at radius 3 is 2.33 bits per heavy atom. The third-order valence-corrected chi connectivity index (χ3v) is 6.95. The molecule has 6 nitrogen and oxygen atoms in total. The number of nitrogens with zero attached hydrogens (tertiary/aromatic N) is 2. The van der Waals surface area contributed by atoms with Gasteiger partial charge in [-0.25, -0.2) is 8.42 Å². The summed E-state index contributed by atoms with van der Waals surface area (Å²) in [5.74, 6) is 0. The summed E-state index contributed by atoms with van der Waals surface area (Å²) in [6.07, 6.45) is 1.01. The van der Waals surface area contributed by atoms with Gasteiger partial charge in [0.1, 0.15) is 0 Å². The molecule has 1 aromatic rings. The highest BCUT2D eigenvalue weighted by Gasteiger charge is 2.41. The summed E-state index contributed by atoms with van der Waals surface area (Å²) in [5.41, 5.74) is 1.12. The first-order valence-electron chi connectivity index (χ1n) is 8.43. The molecule has 0 unspecified atom stereocenters. The van der Waals surface area contributed by atoms with E-state index < -0.39 is 10.0 Å². The van der Waals surface area contributed by atoms with E-state index in [1.54, 1.807) is 19.2 Å². The lowest BCUT2D eigenvalue weighted by atomic mass is 9.90. The zero-order chi connectivity index (χ0) is 17.2. The largest absolute Gasteiger partial charge is 0.379 e. The van der Waals surface area contributed by atoms with Crippen molar-refractivity contribution in [2.24, 2.45) is 0 Å². The number of sulfonamides is 1. The van der Waals surface area contributed by atoms with Crippen molar-refractivity contribution < 1.29 is 17.9 Å². The normalized spacial score (nSPS) is 22.2. The zero-order valence-electron chi connectivity index (χ0n) is 14.4. The highest BCUT2D eigenvalue weighted by molar-refractivity contribution is 7.89. The van der Waals surface area contributed by atoms with Crippen molar-refractivity contribution >= 4 is 10.0 Å². The summed E-state index contributed by atoms with van der Waals surface area (Å²) in [6.45, 7) is 6.59. The smallest absolute Gasteiger partial charge is 0.243 e. The third kappa shape index (κ3) is 3.50. The Hall–Kier alpha value is -0.990. The number of hydrogen-bond acceptors (Lipinski definition) is 5. The van der Waals surface area contributed by atoms with Crippen LogP contribution in [-0.2, 0) is 26.0 Å². The van der Waals surface area contributed by atoms with Crippen LogP contribution >= 0.6 is 0 Å². The summed E-state index contributed by atoms with van der Waals surface area (Å²) in [6, 6.07) is 7.24. The molecule has 2 heterocycles. The van der Waals surface area contributed by atoms with Crippen molar-refractivity contribution in [1.82, 2.24) is 9.21 Å². The van der Waals surface area contributed by atoms with E-state index in [0.29, 0.717) is 31.2 Å². The van der Waals surface area contributed by atoms with Gasteiger partial charge >= 0.3 is 0 Å². The SMILES string of the molecule is CCC1(OC)CN(Cc2ccc(S(=O)(=O)N3CCOCC3)cc2)C1. The summed E-state index contributed by atoms with van der Waals surface area (Å²) >= 11 is 0. The molecule has 3 rings (SSSR count). The molecule has 0 radical (unpaired) electrons. The minimum Gasteiger partial charge on any atom is -0.379 e. The Morgan fingerprint density at radius 2 is 1.79 bits per heavy atom. The molecule has 0 aliphatic carbocycles. The second-order valence-corrected chi connectivity index (χ2v) is 8.48. The van der Waals surface area contributed by atoms with Crippen LogP contribution < -0.4 is 0 Å². The van der Waals surface area contributed by atoms with Crippen molar-refractivity contribution in [3.05, 3.63) is 29.8 Å². The summed E-state index contributed by atoms with van der Waals surface area (Å²) < 4.78 is 37.5. The zero-order valence-corrected chi connectivity index (χ0v) is 15.2. The first-order chi connectivity index (χ1) is 11.5. The number of benzene rings is 1. The van der Waals surface area contributed by atoms with Crippen LogP contribution in [-0.4, -0.2) is 69.7 Å². The lowest BCUT2D eigenvalue weighted by molar-refractivity contribution is -0.129. The molecule has 24 heavy (non-hydrogen) atoms. The molecule has 7 heteroatoms. The highest BCUT2D eigenvalue weighted by atomic mass is 32.2. The minimum absolute atomic E-state index is 0.000384. The number of ether oxygens (including phenoxy) is 2. The van der Waals surface area contributed by atoms with E-state index >= 15 is 0 Å². The average molecular weight is 354 g/mol. The van der Waals surface area contributed by atoms with Gasteiger partial charge < -0.3 is 9.47 Å². The number of hydrogen-bond donors (Lipinski definition) is 0. The van der Waals surface area contributed by atoms with E-state index in [1.807, 2.05) is 12.1 Å². The van der Waals surface area contributed by atoms with Crippen LogP contribution in [0.15, 0.2) is 29.2 Å². The van der Waals surface area contributed by atoms with Crippen LogP contribution in [0, 0.1) is 0 Å². The van der Waals surface area contributed by atoms with Crippen LogP contribution in [0.4, 0.5) is 0 Å². The predicted octanol–water partition coefficient (Wildman–Crippen LogP) is 1.32. The fourth-order valence-corrected chi connectivity index (χ4v) is 4.75. The Balaban J connectivity index is 1.62. The molecule has 0 spiro atoms. The monoisotopic (exact) mass is 354 g/mol. The van der Waals surface area contributed by atoms with Gasteiger partial charge in [-0.1, -0.05) is 19.1 Å². The summed E-state index contributed by atoms with van der Waals surface area (Å²) in [4.78, 5) is 2.68. The van der Waals surface area contributed by atoms with E-state index in [2.05, 4.69) is 11.8 Å². The van der Waals surface area contributed by atoms with Crippen LogP contribution in [0.5, 0.6) is 0 Å². The topological polar surface area (TPSA) is 59.1 Å². The molecule has 2 aliphatic heterocycles. The first-order valence-corrected chi connectivity index (χ1v) is 9.87. The van der Waals surface area contributed by atoms with Gasteiger partial charge in [0.05, 0.1) is 23.7 Å². The molecule has 2 aliphatic rings. The van der Waals surface area contributed by atoms with Gasteiger partial charge in [0, 0.05) is 39.8 Å². The molecule has 0 aromatic heterocycles. The molecule has 0 atom stereocenters. The lowest BCUT2D eigenvalue weighted by Gasteiger charge is -2.48. The van der Waals surface area contributed by atoms with Gasteiger partial charge in [0.2, 0.25) is 10.0 Å². The molecule has 2 saturated heterocycles. The van der Waals surface area contributed by atoms with E-state index in [-0.39, 0.29) is 5.60 Å². The summed E-state index contributed by atoms with van der Waals surface area (Å²) in [5, 5.41) is 0. The first kappa shape index (κ1) is 17.8. The van der Waals surface area contributed by atoms with Crippen molar-refractivity contribution in [1.29, 1.82) is 0 Å². The van der Waals surface area contributed by atoms with E-state index in [1.165, 1.54) is 4.31 Å². The van der Waals surface area contributed by atoms with Crippen molar-refractivity contribution in [2.75, 3.05) is 46.5 Å². The Morgan fingerprint density at radius 1 is 1.17 bits per heavy atom. The summed E-state index contributed by atoms with van der Waals surface area (Å²) in [7, 11) is -1.64.